The minimum Gasteiger partial charge on any atom is -0.381 e. The summed E-state index contributed by atoms with van der Waals surface area (Å²) < 4.78 is 12.3. The van der Waals surface area contributed by atoms with Crippen LogP contribution in [0.1, 0.15) is 31.2 Å². The molecule has 1 aliphatic carbocycles. The van der Waals surface area contributed by atoms with E-state index in [0.717, 1.165) is 62.1 Å². The monoisotopic (exact) mass is 394 g/mol. The van der Waals surface area contributed by atoms with Crippen LogP contribution < -0.4 is 0 Å². The summed E-state index contributed by atoms with van der Waals surface area (Å²) in [5.74, 6) is 0.249. The molecule has 0 aromatic carbocycles. The Hall–Kier alpha value is -0.980. The maximum atomic E-state index is 13.4. The van der Waals surface area contributed by atoms with Crippen LogP contribution >= 0.6 is 15.9 Å². The van der Waals surface area contributed by atoms with Crippen molar-refractivity contribution in [1.29, 1.82) is 0 Å². The molecule has 2 saturated heterocycles. The van der Waals surface area contributed by atoms with Gasteiger partial charge in [-0.1, -0.05) is 0 Å². The normalized spacial score (nSPS) is 25.3. The van der Waals surface area contributed by atoms with Crippen molar-refractivity contribution >= 4 is 21.8 Å². The Labute approximate surface area is 150 Å². The van der Waals surface area contributed by atoms with Gasteiger partial charge >= 0.3 is 0 Å². The second-order valence-corrected chi connectivity index (χ2v) is 8.28. The lowest BCUT2D eigenvalue weighted by molar-refractivity contribution is -0.136. The van der Waals surface area contributed by atoms with Gasteiger partial charge in [0, 0.05) is 48.6 Å². The summed E-state index contributed by atoms with van der Waals surface area (Å²) in [5.41, 5.74) is 0.733. The largest absolute Gasteiger partial charge is 0.381 e. The van der Waals surface area contributed by atoms with Crippen LogP contribution in [0.15, 0.2) is 22.9 Å². The van der Waals surface area contributed by atoms with Crippen molar-refractivity contribution in [2.24, 2.45) is 5.41 Å². The molecule has 130 valence electrons. The fourth-order valence-electron chi connectivity index (χ4n) is 4.00. The summed E-state index contributed by atoms with van der Waals surface area (Å²) in [6, 6.07) is 2.04. The van der Waals surface area contributed by atoms with Crippen molar-refractivity contribution in [2.45, 2.75) is 31.1 Å². The first-order chi connectivity index (χ1) is 11.6. The average molecular weight is 395 g/mol. The smallest absolute Gasteiger partial charge is 0.233 e. The molecule has 3 fully saturated rings. The van der Waals surface area contributed by atoms with Gasteiger partial charge in [-0.2, -0.15) is 0 Å². The molecule has 0 atom stereocenters. The zero-order valence-electron chi connectivity index (χ0n) is 13.8. The van der Waals surface area contributed by atoms with Gasteiger partial charge in [-0.05, 0) is 53.2 Å². The van der Waals surface area contributed by atoms with Gasteiger partial charge < -0.3 is 14.4 Å². The van der Waals surface area contributed by atoms with E-state index in [9.17, 15) is 4.79 Å². The topological polar surface area (TPSA) is 51.7 Å². The third-order valence-electron chi connectivity index (χ3n) is 5.70. The number of nitrogens with zero attached hydrogens (tertiary/aromatic N) is 2. The Bertz CT molecular complexity index is 626. The number of carbonyl (C=O) groups excluding carboxylic acids is 1. The number of halogens is 1. The van der Waals surface area contributed by atoms with Crippen LogP contribution in [0.3, 0.4) is 0 Å². The predicted octanol–water partition coefficient (Wildman–Crippen LogP) is 2.53. The van der Waals surface area contributed by atoms with E-state index in [4.69, 9.17) is 9.47 Å². The SMILES string of the molecule is O=C(N1CCOCC2(CCOCC2)C1)C1(c2cncc(Br)c2)CC1. The number of carbonyl (C=O) groups is 1. The van der Waals surface area contributed by atoms with Gasteiger partial charge in [-0.3, -0.25) is 9.78 Å². The van der Waals surface area contributed by atoms with E-state index >= 15 is 0 Å². The molecular formula is C18H23BrN2O3. The van der Waals surface area contributed by atoms with E-state index in [-0.39, 0.29) is 16.7 Å². The highest BCUT2D eigenvalue weighted by Crippen LogP contribution is 2.50. The Balaban J connectivity index is 1.56. The van der Waals surface area contributed by atoms with E-state index < -0.39 is 0 Å². The van der Waals surface area contributed by atoms with Crippen molar-refractivity contribution in [1.82, 2.24) is 9.88 Å². The van der Waals surface area contributed by atoms with Gasteiger partial charge in [0.25, 0.3) is 0 Å². The Morgan fingerprint density at radius 1 is 1.12 bits per heavy atom. The van der Waals surface area contributed by atoms with Gasteiger partial charge in [-0.25, -0.2) is 0 Å². The summed E-state index contributed by atoms with van der Waals surface area (Å²) in [6.45, 7) is 4.38. The predicted molar refractivity (Wildman–Crippen MR) is 92.7 cm³/mol. The molecule has 5 nitrogen and oxygen atoms in total. The second kappa shape index (κ2) is 6.39. The molecule has 24 heavy (non-hydrogen) atoms. The van der Waals surface area contributed by atoms with Gasteiger partial charge in [0.15, 0.2) is 0 Å². The standard InChI is InChI=1S/C18H23BrN2O3/c19-15-9-14(10-20-11-15)18(1-2-18)16(22)21-5-8-24-13-17(12-21)3-6-23-7-4-17/h9-11H,1-8,12-13H2. The molecule has 0 bridgehead atoms. The minimum atomic E-state index is -0.368. The van der Waals surface area contributed by atoms with Gasteiger partial charge in [-0.15, -0.1) is 0 Å². The third kappa shape index (κ3) is 3.00. The molecular weight excluding hydrogens is 372 g/mol. The Kier molecular flexibility index (Phi) is 4.39. The average Bonchev–Trinajstić information content (AvgIpc) is 3.41. The first-order valence-electron chi connectivity index (χ1n) is 8.70. The minimum absolute atomic E-state index is 0.0655. The number of hydrogen-bond donors (Lipinski definition) is 0. The van der Waals surface area contributed by atoms with Crippen LogP contribution in [-0.2, 0) is 19.7 Å². The fourth-order valence-corrected chi connectivity index (χ4v) is 4.37. The summed E-state index contributed by atoms with van der Waals surface area (Å²) in [7, 11) is 0. The molecule has 3 aliphatic rings. The van der Waals surface area contributed by atoms with Crippen molar-refractivity contribution in [3.8, 4) is 0 Å². The number of rotatable bonds is 2. The lowest BCUT2D eigenvalue weighted by Crippen LogP contribution is -2.47. The molecule has 1 aromatic rings. The third-order valence-corrected chi connectivity index (χ3v) is 6.13. The molecule has 1 amide bonds. The first-order valence-corrected chi connectivity index (χ1v) is 9.49. The molecule has 2 aliphatic heterocycles. The van der Waals surface area contributed by atoms with E-state index in [0.29, 0.717) is 13.2 Å². The van der Waals surface area contributed by atoms with Crippen LogP contribution in [-0.4, -0.2) is 55.3 Å². The van der Waals surface area contributed by atoms with E-state index in [1.165, 1.54) is 0 Å². The molecule has 4 rings (SSSR count). The first kappa shape index (κ1) is 16.5. The molecule has 0 radical (unpaired) electrons. The van der Waals surface area contributed by atoms with Crippen LogP contribution in [0.2, 0.25) is 0 Å². The van der Waals surface area contributed by atoms with Gasteiger partial charge in [0.05, 0.1) is 18.6 Å². The summed E-state index contributed by atoms with van der Waals surface area (Å²) >= 11 is 3.48. The highest BCUT2D eigenvalue weighted by atomic mass is 79.9. The maximum absolute atomic E-state index is 13.4. The second-order valence-electron chi connectivity index (χ2n) is 7.37. The van der Waals surface area contributed by atoms with Crippen LogP contribution in [0.5, 0.6) is 0 Å². The zero-order chi connectivity index (χ0) is 16.6. The number of hydrogen-bond acceptors (Lipinski definition) is 4. The molecule has 0 N–H and O–H groups in total. The fraction of sp³-hybridized carbons (Fsp3) is 0.667. The van der Waals surface area contributed by atoms with E-state index in [1.807, 2.05) is 17.2 Å². The molecule has 1 aromatic heterocycles. The molecule has 3 heterocycles. The summed E-state index contributed by atoms with van der Waals surface area (Å²) in [6.07, 6.45) is 7.38. The highest BCUT2D eigenvalue weighted by molar-refractivity contribution is 9.10. The zero-order valence-corrected chi connectivity index (χ0v) is 15.4. The lowest BCUT2D eigenvalue weighted by Gasteiger charge is -2.39. The summed E-state index contributed by atoms with van der Waals surface area (Å²) in [5, 5.41) is 0. The number of aromatic nitrogens is 1. The molecule has 6 heteroatoms. The number of amides is 1. The van der Waals surface area contributed by atoms with Crippen molar-refractivity contribution in [3.05, 3.63) is 28.5 Å². The molecule has 0 unspecified atom stereocenters. The molecule has 1 spiro atoms. The maximum Gasteiger partial charge on any atom is 0.233 e. The van der Waals surface area contributed by atoms with Gasteiger partial charge in [0.1, 0.15) is 0 Å². The highest BCUT2D eigenvalue weighted by Gasteiger charge is 2.54. The summed E-state index contributed by atoms with van der Waals surface area (Å²) in [4.78, 5) is 19.7. The van der Waals surface area contributed by atoms with Crippen molar-refractivity contribution in [2.75, 3.05) is 39.5 Å². The van der Waals surface area contributed by atoms with Crippen molar-refractivity contribution < 1.29 is 14.3 Å². The van der Waals surface area contributed by atoms with Gasteiger partial charge in [0.2, 0.25) is 5.91 Å². The van der Waals surface area contributed by atoms with E-state index in [1.54, 1.807) is 6.20 Å². The number of pyridine rings is 1. The van der Waals surface area contributed by atoms with Crippen molar-refractivity contribution in [3.63, 3.8) is 0 Å². The van der Waals surface area contributed by atoms with E-state index in [2.05, 4.69) is 20.9 Å². The van der Waals surface area contributed by atoms with Crippen LogP contribution in [0.4, 0.5) is 0 Å². The van der Waals surface area contributed by atoms with Crippen LogP contribution in [0.25, 0.3) is 0 Å². The Morgan fingerprint density at radius 3 is 2.62 bits per heavy atom. The lowest BCUT2D eigenvalue weighted by atomic mass is 9.80. The quantitative estimate of drug-likeness (QED) is 0.773. The Morgan fingerprint density at radius 2 is 1.92 bits per heavy atom. The number of ether oxygens (including phenoxy) is 2. The molecule has 1 saturated carbocycles. The van der Waals surface area contributed by atoms with Crippen LogP contribution in [0, 0.1) is 5.41 Å².